The molecular weight excluding hydrogens is 268 g/mol. The van der Waals surface area contributed by atoms with Crippen molar-refractivity contribution in [1.82, 2.24) is 15.1 Å². The zero-order chi connectivity index (χ0) is 15.2. The molecule has 110 valence electrons. The number of benzene rings is 1. The van der Waals surface area contributed by atoms with Gasteiger partial charge in [0.15, 0.2) is 0 Å². The molecule has 0 saturated heterocycles. The van der Waals surface area contributed by atoms with Crippen LogP contribution in [0.5, 0.6) is 0 Å². The van der Waals surface area contributed by atoms with E-state index in [0.717, 1.165) is 5.69 Å². The summed E-state index contributed by atoms with van der Waals surface area (Å²) in [6, 6.07) is 10.4. The third-order valence-corrected chi connectivity index (χ3v) is 3.17. The molecule has 2 N–H and O–H groups in total. The number of anilines is 1. The van der Waals surface area contributed by atoms with Crippen molar-refractivity contribution in [1.29, 1.82) is 0 Å². The molecule has 21 heavy (non-hydrogen) atoms. The molecule has 0 bridgehead atoms. The largest absolute Gasteiger partial charge is 0.339 e. The van der Waals surface area contributed by atoms with Crippen molar-refractivity contribution in [3.63, 3.8) is 0 Å². The molecule has 2 amide bonds. The fraction of sp³-hybridized carbons (Fsp3) is 0.267. The predicted octanol–water partition coefficient (Wildman–Crippen LogP) is 1.63. The number of rotatable bonds is 4. The third-order valence-electron chi connectivity index (χ3n) is 3.17. The highest BCUT2D eigenvalue weighted by molar-refractivity contribution is 6.39. The summed E-state index contributed by atoms with van der Waals surface area (Å²) >= 11 is 0. The molecule has 0 saturated carbocycles. The molecule has 0 spiro atoms. The van der Waals surface area contributed by atoms with Gasteiger partial charge < -0.3 is 10.6 Å². The molecule has 1 aromatic carbocycles. The van der Waals surface area contributed by atoms with Crippen molar-refractivity contribution >= 4 is 17.5 Å². The van der Waals surface area contributed by atoms with Crippen LogP contribution in [0.25, 0.3) is 0 Å². The van der Waals surface area contributed by atoms with Crippen LogP contribution in [0.3, 0.4) is 0 Å². The molecule has 6 heteroatoms. The maximum atomic E-state index is 12.0. The zero-order valence-electron chi connectivity index (χ0n) is 12.0. The fourth-order valence-electron chi connectivity index (χ4n) is 2.04. The SMILES string of the molecule is CCC(NC(=O)C(=O)Nc1ccccc1)c1ccnn1C. The first-order valence-corrected chi connectivity index (χ1v) is 6.76. The van der Waals surface area contributed by atoms with E-state index >= 15 is 0 Å². The number of amides is 2. The number of nitrogens with zero attached hydrogens (tertiary/aromatic N) is 2. The lowest BCUT2D eigenvalue weighted by atomic mass is 10.1. The van der Waals surface area contributed by atoms with E-state index in [4.69, 9.17) is 0 Å². The van der Waals surface area contributed by atoms with Gasteiger partial charge in [-0.05, 0) is 24.6 Å². The van der Waals surface area contributed by atoms with Gasteiger partial charge in [-0.25, -0.2) is 0 Å². The van der Waals surface area contributed by atoms with Gasteiger partial charge in [-0.15, -0.1) is 0 Å². The van der Waals surface area contributed by atoms with E-state index in [1.165, 1.54) is 0 Å². The van der Waals surface area contributed by atoms with Gasteiger partial charge in [0.2, 0.25) is 0 Å². The first-order chi connectivity index (χ1) is 10.1. The van der Waals surface area contributed by atoms with Crippen molar-refractivity contribution in [3.05, 3.63) is 48.3 Å². The molecule has 0 radical (unpaired) electrons. The summed E-state index contributed by atoms with van der Waals surface area (Å²) in [5, 5.41) is 9.35. The molecule has 0 fully saturated rings. The Kier molecular flexibility index (Phi) is 4.71. The van der Waals surface area contributed by atoms with E-state index in [0.29, 0.717) is 12.1 Å². The number of hydrogen-bond donors (Lipinski definition) is 2. The minimum atomic E-state index is -0.679. The molecule has 1 unspecified atom stereocenters. The monoisotopic (exact) mass is 286 g/mol. The Morgan fingerprint density at radius 3 is 2.48 bits per heavy atom. The number of aromatic nitrogens is 2. The molecule has 1 aromatic heterocycles. The lowest BCUT2D eigenvalue weighted by Gasteiger charge is -2.17. The quantitative estimate of drug-likeness (QED) is 0.839. The summed E-state index contributed by atoms with van der Waals surface area (Å²) in [6.45, 7) is 1.94. The fourth-order valence-corrected chi connectivity index (χ4v) is 2.04. The van der Waals surface area contributed by atoms with Crippen LogP contribution in [0, 0.1) is 0 Å². The van der Waals surface area contributed by atoms with Crippen LogP contribution in [-0.2, 0) is 16.6 Å². The highest BCUT2D eigenvalue weighted by atomic mass is 16.2. The summed E-state index contributed by atoms with van der Waals surface area (Å²) in [5.41, 5.74) is 1.45. The molecule has 1 heterocycles. The lowest BCUT2D eigenvalue weighted by Crippen LogP contribution is -2.38. The van der Waals surface area contributed by atoms with Crippen molar-refractivity contribution in [2.24, 2.45) is 7.05 Å². The van der Waals surface area contributed by atoms with Crippen molar-refractivity contribution in [2.45, 2.75) is 19.4 Å². The van der Waals surface area contributed by atoms with E-state index in [-0.39, 0.29) is 6.04 Å². The highest BCUT2D eigenvalue weighted by Gasteiger charge is 2.20. The minimum absolute atomic E-state index is 0.244. The molecule has 2 rings (SSSR count). The number of carbonyl (C=O) groups is 2. The maximum absolute atomic E-state index is 12.0. The van der Waals surface area contributed by atoms with Crippen LogP contribution in [0.2, 0.25) is 0 Å². The Morgan fingerprint density at radius 2 is 1.90 bits per heavy atom. The summed E-state index contributed by atoms with van der Waals surface area (Å²) < 4.78 is 1.68. The van der Waals surface area contributed by atoms with E-state index in [1.807, 2.05) is 19.1 Å². The standard InChI is InChI=1S/C15H18N4O2/c1-3-12(13-9-10-16-19(13)2)18-15(21)14(20)17-11-7-5-4-6-8-11/h4-10,12H,3H2,1-2H3,(H,17,20)(H,18,21). The Bertz CT molecular complexity index is 622. The van der Waals surface area contributed by atoms with Crippen LogP contribution in [0.1, 0.15) is 25.1 Å². The first kappa shape index (κ1) is 14.8. The number of nitrogens with one attached hydrogen (secondary N) is 2. The van der Waals surface area contributed by atoms with Gasteiger partial charge in [0.1, 0.15) is 0 Å². The molecule has 0 aliphatic rings. The van der Waals surface area contributed by atoms with Gasteiger partial charge in [-0.2, -0.15) is 5.10 Å². The van der Waals surface area contributed by atoms with Crippen LogP contribution >= 0.6 is 0 Å². The number of aryl methyl sites for hydroxylation is 1. The second-order valence-electron chi connectivity index (χ2n) is 4.63. The predicted molar refractivity (Wildman–Crippen MR) is 79.5 cm³/mol. The third kappa shape index (κ3) is 3.68. The second kappa shape index (κ2) is 6.69. The molecular formula is C15H18N4O2. The van der Waals surface area contributed by atoms with Crippen molar-refractivity contribution in [2.75, 3.05) is 5.32 Å². The summed E-state index contributed by atoms with van der Waals surface area (Å²) in [4.78, 5) is 23.8. The normalized spacial score (nSPS) is 11.7. The maximum Gasteiger partial charge on any atom is 0.313 e. The van der Waals surface area contributed by atoms with Crippen molar-refractivity contribution in [3.8, 4) is 0 Å². The number of carbonyl (C=O) groups excluding carboxylic acids is 2. The van der Waals surface area contributed by atoms with E-state index in [2.05, 4.69) is 15.7 Å². The average Bonchev–Trinajstić information content (AvgIpc) is 2.91. The Hall–Kier alpha value is -2.63. The van der Waals surface area contributed by atoms with Gasteiger partial charge >= 0.3 is 11.8 Å². The van der Waals surface area contributed by atoms with Gasteiger partial charge in [-0.3, -0.25) is 14.3 Å². The van der Waals surface area contributed by atoms with E-state index in [9.17, 15) is 9.59 Å². The number of hydrogen-bond acceptors (Lipinski definition) is 3. The topological polar surface area (TPSA) is 76.0 Å². The number of para-hydroxylation sites is 1. The molecule has 1 atom stereocenters. The summed E-state index contributed by atoms with van der Waals surface area (Å²) in [6.07, 6.45) is 2.33. The minimum Gasteiger partial charge on any atom is -0.339 e. The molecule has 6 nitrogen and oxygen atoms in total. The zero-order valence-corrected chi connectivity index (χ0v) is 12.0. The van der Waals surface area contributed by atoms with Gasteiger partial charge in [0.05, 0.1) is 11.7 Å². The van der Waals surface area contributed by atoms with Crippen LogP contribution in [0.4, 0.5) is 5.69 Å². The first-order valence-electron chi connectivity index (χ1n) is 6.76. The van der Waals surface area contributed by atoms with Crippen molar-refractivity contribution < 1.29 is 9.59 Å². The Labute approximate surface area is 123 Å². The van der Waals surface area contributed by atoms with Crippen LogP contribution in [-0.4, -0.2) is 21.6 Å². The van der Waals surface area contributed by atoms with Gasteiger partial charge in [0.25, 0.3) is 0 Å². The molecule has 0 aliphatic carbocycles. The summed E-state index contributed by atoms with van der Waals surface area (Å²) in [7, 11) is 1.80. The Morgan fingerprint density at radius 1 is 1.19 bits per heavy atom. The smallest absolute Gasteiger partial charge is 0.313 e. The summed E-state index contributed by atoms with van der Waals surface area (Å²) in [5.74, 6) is -1.34. The van der Waals surface area contributed by atoms with Crippen LogP contribution in [0.15, 0.2) is 42.6 Å². The molecule has 2 aromatic rings. The van der Waals surface area contributed by atoms with Crippen LogP contribution < -0.4 is 10.6 Å². The van der Waals surface area contributed by atoms with Gasteiger partial charge in [0, 0.05) is 18.9 Å². The van der Waals surface area contributed by atoms with Gasteiger partial charge in [-0.1, -0.05) is 25.1 Å². The lowest BCUT2D eigenvalue weighted by molar-refractivity contribution is -0.136. The Balaban J connectivity index is 2.00. The second-order valence-corrected chi connectivity index (χ2v) is 4.63. The average molecular weight is 286 g/mol. The highest BCUT2D eigenvalue weighted by Crippen LogP contribution is 2.15. The molecule has 0 aliphatic heterocycles. The van der Waals surface area contributed by atoms with E-state index < -0.39 is 11.8 Å². The van der Waals surface area contributed by atoms with E-state index in [1.54, 1.807) is 42.2 Å².